The number of hydrogen-bond acceptors (Lipinski definition) is 4. The fraction of sp³-hybridized carbons (Fsp3) is 0.176. The number of urea groups is 1. The molecular weight excluding hydrogens is 308 g/mol. The molecule has 0 spiro atoms. The zero-order valence-corrected chi connectivity index (χ0v) is 13.1. The van der Waals surface area contributed by atoms with Crippen molar-refractivity contribution in [3.05, 3.63) is 59.3 Å². The maximum Gasteiger partial charge on any atom is 0.324 e. The van der Waals surface area contributed by atoms with Crippen molar-refractivity contribution in [3.8, 4) is 0 Å². The number of imide groups is 1. The maximum absolute atomic E-state index is 12.5. The molecule has 7 heteroatoms. The van der Waals surface area contributed by atoms with Crippen molar-refractivity contribution in [3.63, 3.8) is 0 Å². The Hall–Kier alpha value is -3.22. The van der Waals surface area contributed by atoms with Crippen LogP contribution < -0.4 is 10.6 Å². The van der Waals surface area contributed by atoms with Gasteiger partial charge in [-0.15, -0.1) is 0 Å². The normalized spacial score (nSPS) is 13.8. The Balaban J connectivity index is 1.82. The van der Waals surface area contributed by atoms with E-state index in [1.807, 2.05) is 13.0 Å². The van der Waals surface area contributed by atoms with Gasteiger partial charge in [-0.1, -0.05) is 18.2 Å². The summed E-state index contributed by atoms with van der Waals surface area (Å²) in [6.07, 6.45) is 1.62. The summed E-state index contributed by atoms with van der Waals surface area (Å²) in [5.41, 5.74) is 1.97. The molecule has 3 rings (SSSR count). The van der Waals surface area contributed by atoms with Gasteiger partial charge in [0.05, 0.1) is 13.1 Å². The topological polar surface area (TPSA) is 91.4 Å². The molecule has 1 saturated heterocycles. The molecule has 2 heterocycles. The van der Waals surface area contributed by atoms with Crippen LogP contribution in [0.3, 0.4) is 0 Å². The Bertz CT molecular complexity index is 803. The van der Waals surface area contributed by atoms with Crippen molar-refractivity contribution in [2.24, 2.45) is 0 Å². The number of nitrogens with zero attached hydrogens (tertiary/aromatic N) is 2. The van der Waals surface area contributed by atoms with Crippen molar-refractivity contribution >= 4 is 23.7 Å². The van der Waals surface area contributed by atoms with Crippen LogP contribution in [0, 0.1) is 6.92 Å². The van der Waals surface area contributed by atoms with Gasteiger partial charge in [0.15, 0.2) is 0 Å². The zero-order valence-electron chi connectivity index (χ0n) is 13.1. The Morgan fingerprint density at radius 3 is 2.79 bits per heavy atom. The van der Waals surface area contributed by atoms with Crippen LogP contribution in [0.25, 0.3) is 0 Å². The Morgan fingerprint density at radius 2 is 2.08 bits per heavy atom. The summed E-state index contributed by atoms with van der Waals surface area (Å²) >= 11 is 0. The van der Waals surface area contributed by atoms with E-state index in [1.54, 1.807) is 36.5 Å². The fourth-order valence-corrected chi connectivity index (χ4v) is 2.45. The van der Waals surface area contributed by atoms with Crippen LogP contribution in [0.1, 0.15) is 21.5 Å². The van der Waals surface area contributed by atoms with E-state index in [4.69, 9.17) is 0 Å². The van der Waals surface area contributed by atoms with Gasteiger partial charge in [-0.25, -0.2) is 9.78 Å². The number of nitrogens with one attached hydrogen (secondary N) is 2. The van der Waals surface area contributed by atoms with Gasteiger partial charge in [0.1, 0.15) is 5.82 Å². The van der Waals surface area contributed by atoms with E-state index < -0.39 is 6.03 Å². The molecule has 1 aliphatic rings. The first-order chi connectivity index (χ1) is 11.5. The minimum absolute atomic E-state index is 0.0135. The van der Waals surface area contributed by atoms with Crippen molar-refractivity contribution in [2.75, 3.05) is 11.9 Å². The summed E-state index contributed by atoms with van der Waals surface area (Å²) in [5, 5.41) is 5.19. The number of pyridine rings is 1. The summed E-state index contributed by atoms with van der Waals surface area (Å²) in [7, 11) is 0. The van der Waals surface area contributed by atoms with Gasteiger partial charge < -0.3 is 10.6 Å². The predicted molar refractivity (Wildman–Crippen MR) is 87.3 cm³/mol. The van der Waals surface area contributed by atoms with E-state index in [9.17, 15) is 14.4 Å². The molecule has 1 aromatic heterocycles. The predicted octanol–water partition coefficient (Wildman–Crippen LogP) is 1.69. The summed E-state index contributed by atoms with van der Waals surface area (Å²) in [5.74, 6) is -0.198. The lowest BCUT2D eigenvalue weighted by Gasteiger charge is -2.15. The summed E-state index contributed by atoms with van der Waals surface area (Å²) < 4.78 is 0. The van der Waals surface area contributed by atoms with E-state index in [0.717, 1.165) is 10.5 Å². The van der Waals surface area contributed by atoms with E-state index >= 15 is 0 Å². The van der Waals surface area contributed by atoms with Crippen LogP contribution in [-0.4, -0.2) is 34.3 Å². The highest BCUT2D eigenvalue weighted by atomic mass is 16.2. The lowest BCUT2D eigenvalue weighted by atomic mass is 10.1. The van der Waals surface area contributed by atoms with Crippen LogP contribution in [0.4, 0.5) is 10.6 Å². The zero-order chi connectivity index (χ0) is 17.1. The molecule has 2 aromatic rings. The number of hydrogen-bond donors (Lipinski definition) is 2. The van der Waals surface area contributed by atoms with Gasteiger partial charge >= 0.3 is 6.03 Å². The molecule has 7 nitrogen and oxygen atoms in total. The lowest BCUT2D eigenvalue weighted by molar-refractivity contribution is -0.125. The van der Waals surface area contributed by atoms with Crippen LogP contribution in [0.2, 0.25) is 0 Å². The number of aryl methyl sites for hydroxylation is 1. The molecule has 2 N–H and O–H groups in total. The highest BCUT2D eigenvalue weighted by Gasteiger charge is 2.29. The average Bonchev–Trinajstić information content (AvgIpc) is 2.87. The average molecular weight is 324 g/mol. The quantitative estimate of drug-likeness (QED) is 0.837. The Kier molecular flexibility index (Phi) is 4.24. The van der Waals surface area contributed by atoms with Gasteiger partial charge in [0.2, 0.25) is 5.91 Å². The third-order valence-corrected chi connectivity index (χ3v) is 3.68. The smallest absolute Gasteiger partial charge is 0.324 e. The van der Waals surface area contributed by atoms with E-state index in [2.05, 4.69) is 15.6 Å². The molecule has 1 aliphatic heterocycles. The first-order valence-electron chi connectivity index (χ1n) is 7.44. The molecule has 0 unspecified atom stereocenters. The second kappa shape index (κ2) is 6.49. The van der Waals surface area contributed by atoms with E-state index in [-0.39, 0.29) is 24.9 Å². The van der Waals surface area contributed by atoms with Gasteiger partial charge in [0, 0.05) is 11.8 Å². The molecule has 0 radical (unpaired) electrons. The third kappa shape index (κ3) is 3.24. The Morgan fingerprint density at radius 1 is 1.29 bits per heavy atom. The molecular formula is C17H16N4O3. The van der Waals surface area contributed by atoms with E-state index in [1.165, 1.54) is 0 Å². The molecule has 0 aliphatic carbocycles. The van der Waals surface area contributed by atoms with Crippen LogP contribution in [0.5, 0.6) is 0 Å². The number of carbonyl (C=O) groups is 3. The largest absolute Gasteiger partial charge is 0.329 e. The lowest BCUT2D eigenvalue weighted by Crippen LogP contribution is -2.31. The van der Waals surface area contributed by atoms with Crippen molar-refractivity contribution in [1.29, 1.82) is 0 Å². The Labute approximate surface area is 138 Å². The van der Waals surface area contributed by atoms with Crippen LogP contribution in [0.15, 0.2) is 42.6 Å². The highest BCUT2D eigenvalue weighted by Crippen LogP contribution is 2.16. The standard InChI is InChI=1S/C17H16N4O3/c1-11-6-7-18-14(8-11)20-16(23)13-5-3-2-4-12(13)10-21-15(22)9-19-17(21)24/h2-8H,9-10H2,1H3,(H,19,24)(H,18,20,23). The molecule has 1 aromatic carbocycles. The second-order valence-corrected chi connectivity index (χ2v) is 5.47. The fourth-order valence-electron chi connectivity index (χ4n) is 2.45. The summed E-state index contributed by atoms with van der Waals surface area (Å²) in [6, 6.07) is 10.0. The van der Waals surface area contributed by atoms with Gasteiger partial charge in [0.25, 0.3) is 5.91 Å². The first kappa shape index (κ1) is 15.7. The van der Waals surface area contributed by atoms with E-state index in [0.29, 0.717) is 16.9 Å². The van der Waals surface area contributed by atoms with Crippen molar-refractivity contribution in [1.82, 2.24) is 15.2 Å². The van der Waals surface area contributed by atoms with Gasteiger partial charge in [-0.05, 0) is 36.2 Å². The first-order valence-corrected chi connectivity index (χ1v) is 7.44. The highest BCUT2D eigenvalue weighted by molar-refractivity contribution is 6.05. The molecule has 0 saturated carbocycles. The molecule has 122 valence electrons. The maximum atomic E-state index is 12.5. The number of amides is 4. The summed E-state index contributed by atoms with van der Waals surface area (Å²) in [4.78, 5) is 41.1. The van der Waals surface area contributed by atoms with Crippen LogP contribution >= 0.6 is 0 Å². The van der Waals surface area contributed by atoms with Crippen molar-refractivity contribution < 1.29 is 14.4 Å². The summed E-state index contributed by atoms with van der Waals surface area (Å²) in [6.45, 7) is 1.94. The number of benzene rings is 1. The van der Waals surface area contributed by atoms with Crippen LogP contribution in [-0.2, 0) is 11.3 Å². The monoisotopic (exact) mass is 324 g/mol. The molecule has 0 bridgehead atoms. The molecule has 4 amide bonds. The molecule has 1 fully saturated rings. The minimum atomic E-state index is -0.449. The second-order valence-electron chi connectivity index (χ2n) is 5.47. The SMILES string of the molecule is Cc1ccnc(NC(=O)c2ccccc2CN2C(=O)CNC2=O)c1. The number of aromatic nitrogens is 1. The molecule has 0 atom stereocenters. The number of rotatable bonds is 4. The molecule has 24 heavy (non-hydrogen) atoms. The van der Waals surface area contributed by atoms with Crippen molar-refractivity contribution in [2.45, 2.75) is 13.5 Å². The van der Waals surface area contributed by atoms with Gasteiger partial charge in [-0.2, -0.15) is 0 Å². The number of carbonyl (C=O) groups excluding carboxylic acids is 3. The van der Waals surface area contributed by atoms with Gasteiger partial charge in [-0.3, -0.25) is 14.5 Å². The number of anilines is 1. The minimum Gasteiger partial charge on any atom is -0.329 e. The third-order valence-electron chi connectivity index (χ3n) is 3.68.